The molecule has 1 aliphatic heterocycles. The molecule has 0 atom stereocenters. The smallest absolute Gasteiger partial charge is 0.259 e. The molecule has 0 spiro atoms. The van der Waals surface area contributed by atoms with E-state index in [-0.39, 0.29) is 24.1 Å². The molecule has 160 valence electrons. The Hall–Kier alpha value is -2.51. The van der Waals surface area contributed by atoms with Gasteiger partial charge in [0, 0.05) is 18.7 Å². The van der Waals surface area contributed by atoms with E-state index >= 15 is 0 Å². The first-order valence-electron chi connectivity index (χ1n) is 10.1. The number of nitrogens with one attached hydrogen (secondary N) is 1. The van der Waals surface area contributed by atoms with Crippen molar-refractivity contribution in [2.24, 2.45) is 5.92 Å². The Kier molecular flexibility index (Phi) is 7.05. The Morgan fingerprint density at radius 3 is 2.63 bits per heavy atom. The fourth-order valence-corrected chi connectivity index (χ4v) is 3.89. The fraction of sp³-hybridized carbons (Fsp3) is 0.409. The molecule has 1 saturated heterocycles. The molecule has 1 N–H and O–H groups in total. The van der Waals surface area contributed by atoms with Crippen LogP contribution in [0.15, 0.2) is 34.9 Å². The molecule has 1 amide bonds. The molecule has 2 aromatic heterocycles. The van der Waals surface area contributed by atoms with Crippen LogP contribution in [0.1, 0.15) is 35.8 Å². The van der Waals surface area contributed by atoms with Gasteiger partial charge in [0.2, 0.25) is 0 Å². The molecule has 1 aliphatic rings. The van der Waals surface area contributed by atoms with Crippen molar-refractivity contribution in [1.82, 2.24) is 20.4 Å². The number of piperidine rings is 1. The van der Waals surface area contributed by atoms with Gasteiger partial charge in [0.05, 0.1) is 22.3 Å². The third-order valence-corrected chi connectivity index (χ3v) is 5.57. The second kappa shape index (κ2) is 9.53. The summed E-state index contributed by atoms with van der Waals surface area (Å²) in [4.78, 5) is 19.8. The minimum atomic E-state index is -0.318. The highest BCUT2D eigenvalue weighted by Crippen LogP contribution is 2.29. The maximum absolute atomic E-state index is 13.4. The highest BCUT2D eigenvalue weighted by Gasteiger charge is 2.27. The predicted octanol–water partition coefficient (Wildman–Crippen LogP) is 4.22. The van der Waals surface area contributed by atoms with Crippen molar-refractivity contribution in [2.45, 2.75) is 26.7 Å². The van der Waals surface area contributed by atoms with Crippen molar-refractivity contribution in [3.63, 3.8) is 0 Å². The van der Waals surface area contributed by atoms with E-state index in [0.717, 1.165) is 44.6 Å². The zero-order valence-corrected chi connectivity index (χ0v) is 18.0. The average molecular weight is 433 g/mol. The number of hydrogen-bond acceptors (Lipinski definition) is 5. The summed E-state index contributed by atoms with van der Waals surface area (Å²) >= 11 is 0. The van der Waals surface area contributed by atoms with Crippen molar-refractivity contribution >= 4 is 29.4 Å². The number of pyridine rings is 1. The first kappa shape index (κ1) is 22.2. The van der Waals surface area contributed by atoms with Crippen LogP contribution < -0.4 is 5.32 Å². The first-order chi connectivity index (χ1) is 14.1. The van der Waals surface area contributed by atoms with Crippen LogP contribution in [0, 0.1) is 18.7 Å². The van der Waals surface area contributed by atoms with Crippen LogP contribution in [-0.4, -0.2) is 47.1 Å². The van der Waals surface area contributed by atoms with E-state index in [0.29, 0.717) is 34.0 Å². The standard InChI is InChI=1S/C22H25FN4O2.ClH/c1-3-24-13-15-8-10-27(11-9-15)22(28)18-12-19(16-4-6-17(23)7-5-16)25-21-20(18)14(2)26-29-21;/h4-7,12,15,24H,3,8-11,13H2,1-2H3;1H. The molecule has 3 aromatic rings. The van der Waals surface area contributed by atoms with Gasteiger partial charge >= 0.3 is 0 Å². The van der Waals surface area contributed by atoms with Crippen LogP contribution in [0.3, 0.4) is 0 Å². The second-order valence-electron chi connectivity index (χ2n) is 7.55. The lowest BCUT2D eigenvalue weighted by molar-refractivity contribution is 0.0692. The summed E-state index contributed by atoms with van der Waals surface area (Å²) < 4.78 is 18.7. The molecule has 1 fully saturated rings. The van der Waals surface area contributed by atoms with Crippen LogP contribution in [0.5, 0.6) is 0 Å². The van der Waals surface area contributed by atoms with E-state index in [9.17, 15) is 9.18 Å². The lowest BCUT2D eigenvalue weighted by atomic mass is 9.95. The first-order valence-corrected chi connectivity index (χ1v) is 10.1. The molecule has 4 rings (SSSR count). The van der Waals surface area contributed by atoms with Gasteiger partial charge in [-0.2, -0.15) is 0 Å². The van der Waals surface area contributed by atoms with Gasteiger partial charge < -0.3 is 14.7 Å². The summed E-state index contributed by atoms with van der Waals surface area (Å²) in [5.41, 5.74) is 2.80. The Morgan fingerprint density at radius 2 is 1.97 bits per heavy atom. The molecule has 30 heavy (non-hydrogen) atoms. The highest BCUT2D eigenvalue weighted by atomic mass is 35.5. The third kappa shape index (κ3) is 4.47. The maximum atomic E-state index is 13.4. The van der Waals surface area contributed by atoms with Crippen LogP contribution in [-0.2, 0) is 0 Å². The van der Waals surface area contributed by atoms with Crippen molar-refractivity contribution < 1.29 is 13.7 Å². The van der Waals surface area contributed by atoms with Crippen LogP contribution in [0.4, 0.5) is 4.39 Å². The number of nitrogens with zero attached hydrogens (tertiary/aromatic N) is 3. The molecule has 0 aliphatic carbocycles. The number of rotatable bonds is 5. The second-order valence-corrected chi connectivity index (χ2v) is 7.55. The molecule has 3 heterocycles. The number of halogens is 2. The van der Waals surface area contributed by atoms with Gasteiger partial charge in [0.15, 0.2) is 0 Å². The van der Waals surface area contributed by atoms with Crippen LogP contribution >= 0.6 is 12.4 Å². The molecule has 0 radical (unpaired) electrons. The van der Waals surface area contributed by atoms with Gasteiger partial charge in [0.25, 0.3) is 11.6 Å². The zero-order chi connectivity index (χ0) is 20.4. The summed E-state index contributed by atoms with van der Waals surface area (Å²) in [6.07, 6.45) is 1.97. The predicted molar refractivity (Wildman–Crippen MR) is 116 cm³/mol. The Morgan fingerprint density at radius 1 is 1.27 bits per heavy atom. The van der Waals surface area contributed by atoms with E-state index in [1.165, 1.54) is 12.1 Å². The van der Waals surface area contributed by atoms with E-state index in [4.69, 9.17) is 4.52 Å². The van der Waals surface area contributed by atoms with E-state index in [2.05, 4.69) is 22.4 Å². The summed E-state index contributed by atoms with van der Waals surface area (Å²) in [6, 6.07) is 7.82. The number of hydrogen-bond donors (Lipinski definition) is 1. The number of amides is 1. The number of fused-ring (bicyclic) bond motifs is 1. The summed E-state index contributed by atoms with van der Waals surface area (Å²) in [5.74, 6) is 0.250. The SMILES string of the molecule is CCNCC1CCN(C(=O)c2cc(-c3ccc(F)cc3)nc3onc(C)c23)CC1.Cl. The van der Waals surface area contributed by atoms with Gasteiger partial charge in [-0.05, 0) is 69.1 Å². The summed E-state index contributed by atoms with van der Waals surface area (Å²) in [5, 5.41) is 8.04. The minimum absolute atomic E-state index is 0. The molecular formula is C22H26ClFN4O2. The van der Waals surface area contributed by atoms with Crippen LogP contribution in [0.2, 0.25) is 0 Å². The lowest BCUT2D eigenvalue weighted by Gasteiger charge is -2.32. The molecule has 0 saturated carbocycles. The molecule has 0 bridgehead atoms. The minimum Gasteiger partial charge on any atom is -0.339 e. The number of carbonyl (C=O) groups excluding carboxylic acids is 1. The summed E-state index contributed by atoms with van der Waals surface area (Å²) in [6.45, 7) is 7.34. The number of aromatic nitrogens is 2. The molecule has 8 heteroatoms. The van der Waals surface area contributed by atoms with Gasteiger partial charge in [-0.3, -0.25) is 4.79 Å². The van der Waals surface area contributed by atoms with Crippen molar-refractivity contribution in [3.8, 4) is 11.3 Å². The fourth-order valence-electron chi connectivity index (χ4n) is 3.89. The van der Waals surface area contributed by atoms with Crippen molar-refractivity contribution in [1.29, 1.82) is 0 Å². The number of aryl methyl sites for hydroxylation is 1. The van der Waals surface area contributed by atoms with E-state index in [1.54, 1.807) is 18.2 Å². The molecule has 1 aromatic carbocycles. The van der Waals surface area contributed by atoms with Gasteiger partial charge in [-0.25, -0.2) is 9.37 Å². The number of likely N-dealkylation sites (tertiary alicyclic amines) is 1. The van der Waals surface area contributed by atoms with E-state index in [1.807, 2.05) is 11.8 Å². The Bertz CT molecular complexity index is 1010. The quantitative estimate of drug-likeness (QED) is 0.653. The topological polar surface area (TPSA) is 71.3 Å². The number of benzene rings is 1. The molecular weight excluding hydrogens is 407 g/mol. The summed E-state index contributed by atoms with van der Waals surface area (Å²) in [7, 11) is 0. The normalized spacial score (nSPS) is 14.7. The Balaban J connectivity index is 0.00000256. The highest BCUT2D eigenvalue weighted by molar-refractivity contribution is 6.07. The third-order valence-electron chi connectivity index (χ3n) is 5.57. The largest absolute Gasteiger partial charge is 0.339 e. The average Bonchev–Trinajstić information content (AvgIpc) is 3.13. The van der Waals surface area contributed by atoms with E-state index < -0.39 is 0 Å². The Labute approximate surface area is 181 Å². The monoisotopic (exact) mass is 432 g/mol. The lowest BCUT2D eigenvalue weighted by Crippen LogP contribution is -2.40. The van der Waals surface area contributed by atoms with Gasteiger partial charge in [-0.15, -0.1) is 12.4 Å². The van der Waals surface area contributed by atoms with Gasteiger partial charge in [-0.1, -0.05) is 12.1 Å². The van der Waals surface area contributed by atoms with Crippen LogP contribution in [0.25, 0.3) is 22.4 Å². The number of carbonyl (C=O) groups is 1. The molecule has 6 nitrogen and oxygen atoms in total. The van der Waals surface area contributed by atoms with Crippen molar-refractivity contribution in [3.05, 3.63) is 47.4 Å². The zero-order valence-electron chi connectivity index (χ0n) is 17.2. The maximum Gasteiger partial charge on any atom is 0.259 e. The molecule has 0 unspecified atom stereocenters. The van der Waals surface area contributed by atoms with Crippen molar-refractivity contribution in [2.75, 3.05) is 26.2 Å². The van der Waals surface area contributed by atoms with Gasteiger partial charge in [0.1, 0.15) is 5.82 Å².